The Morgan fingerprint density at radius 1 is 1.05 bits per heavy atom. The van der Waals surface area contributed by atoms with Gasteiger partial charge < -0.3 is 14.2 Å². The number of carbonyl (C=O) groups excluding carboxylic acids is 1. The van der Waals surface area contributed by atoms with E-state index in [4.69, 9.17) is 14.2 Å². The molecule has 0 amide bonds. The van der Waals surface area contributed by atoms with E-state index in [2.05, 4.69) is 0 Å². The van der Waals surface area contributed by atoms with Crippen molar-refractivity contribution < 1.29 is 19.0 Å². The van der Waals surface area contributed by atoms with Gasteiger partial charge in [0.25, 0.3) is 0 Å². The number of rotatable bonds is 4. The second kappa shape index (κ2) is 5.22. The van der Waals surface area contributed by atoms with E-state index in [0.29, 0.717) is 0 Å². The van der Waals surface area contributed by atoms with Crippen molar-refractivity contribution in [3.05, 3.63) is 65.7 Å². The van der Waals surface area contributed by atoms with Crippen molar-refractivity contribution in [1.82, 2.24) is 0 Å². The van der Waals surface area contributed by atoms with Crippen LogP contribution in [-0.2, 0) is 19.9 Å². The van der Waals surface area contributed by atoms with Gasteiger partial charge in [0.2, 0.25) is 5.60 Å². The maximum atomic E-state index is 12.2. The van der Waals surface area contributed by atoms with E-state index in [9.17, 15) is 4.79 Å². The zero-order chi connectivity index (χ0) is 14.9. The van der Waals surface area contributed by atoms with Gasteiger partial charge in [-0.15, -0.1) is 0 Å². The van der Waals surface area contributed by atoms with Gasteiger partial charge in [0, 0.05) is 0 Å². The predicted molar refractivity (Wildman–Crippen MR) is 77.0 cm³/mol. The molecule has 4 heteroatoms. The fourth-order valence-corrected chi connectivity index (χ4v) is 2.56. The molecule has 3 rings (SSSR count). The molecule has 0 bridgehead atoms. The van der Waals surface area contributed by atoms with Gasteiger partial charge in [-0.2, -0.15) is 0 Å². The summed E-state index contributed by atoms with van der Waals surface area (Å²) in [6.07, 6.45) is -0.335. The van der Waals surface area contributed by atoms with Gasteiger partial charge in [0.05, 0.1) is 14.2 Å². The Hall–Kier alpha value is -2.33. The third kappa shape index (κ3) is 2.17. The topological polar surface area (TPSA) is 48.1 Å². The Kier molecular flexibility index (Phi) is 3.39. The van der Waals surface area contributed by atoms with Crippen LogP contribution < -0.4 is 4.74 Å². The van der Waals surface area contributed by atoms with Crippen LogP contribution >= 0.6 is 0 Å². The summed E-state index contributed by atoms with van der Waals surface area (Å²) in [6.45, 7) is 0. The highest BCUT2D eigenvalue weighted by atomic mass is 16.7. The predicted octanol–water partition coefficient (Wildman–Crippen LogP) is 2.84. The van der Waals surface area contributed by atoms with Gasteiger partial charge in [0.15, 0.2) is 0 Å². The first kappa shape index (κ1) is 13.6. The van der Waals surface area contributed by atoms with Crippen molar-refractivity contribution >= 4 is 5.97 Å². The van der Waals surface area contributed by atoms with E-state index in [1.165, 1.54) is 7.11 Å². The normalized spacial score (nSPS) is 23.4. The first-order valence-corrected chi connectivity index (χ1v) is 6.68. The first-order chi connectivity index (χ1) is 10.2. The quantitative estimate of drug-likeness (QED) is 0.640. The number of carbonyl (C=O) groups is 1. The van der Waals surface area contributed by atoms with Gasteiger partial charge >= 0.3 is 5.97 Å². The number of methoxy groups -OCH3 is 2. The van der Waals surface area contributed by atoms with Crippen LogP contribution in [-0.4, -0.2) is 20.2 Å². The molecule has 2 aromatic rings. The van der Waals surface area contributed by atoms with Gasteiger partial charge in [-0.1, -0.05) is 42.5 Å². The van der Waals surface area contributed by atoms with Crippen LogP contribution in [0.1, 0.15) is 17.2 Å². The Morgan fingerprint density at radius 3 is 2.29 bits per heavy atom. The van der Waals surface area contributed by atoms with Crippen molar-refractivity contribution in [2.75, 3.05) is 14.2 Å². The first-order valence-electron chi connectivity index (χ1n) is 6.68. The molecular weight excluding hydrogens is 268 g/mol. The number of epoxide rings is 1. The Bertz CT molecular complexity index is 636. The van der Waals surface area contributed by atoms with Crippen LogP contribution in [0.4, 0.5) is 0 Å². The van der Waals surface area contributed by atoms with Crippen LogP contribution in [0.5, 0.6) is 5.75 Å². The van der Waals surface area contributed by atoms with Crippen molar-refractivity contribution in [3.63, 3.8) is 0 Å². The lowest BCUT2D eigenvalue weighted by atomic mass is 9.92. The van der Waals surface area contributed by atoms with E-state index in [1.807, 2.05) is 54.6 Å². The fraction of sp³-hybridized carbons (Fsp3) is 0.235. The van der Waals surface area contributed by atoms with Crippen LogP contribution in [0, 0.1) is 0 Å². The molecule has 0 radical (unpaired) electrons. The van der Waals surface area contributed by atoms with Gasteiger partial charge in [-0.3, -0.25) is 0 Å². The molecule has 1 aliphatic heterocycles. The van der Waals surface area contributed by atoms with Crippen LogP contribution in [0.25, 0.3) is 0 Å². The highest BCUT2D eigenvalue weighted by molar-refractivity contribution is 5.85. The largest absolute Gasteiger partial charge is 0.497 e. The van der Waals surface area contributed by atoms with Crippen molar-refractivity contribution in [1.29, 1.82) is 0 Å². The summed E-state index contributed by atoms with van der Waals surface area (Å²) in [7, 11) is 2.99. The van der Waals surface area contributed by atoms with E-state index >= 15 is 0 Å². The van der Waals surface area contributed by atoms with Crippen LogP contribution in [0.15, 0.2) is 54.6 Å². The monoisotopic (exact) mass is 284 g/mol. The summed E-state index contributed by atoms with van der Waals surface area (Å²) >= 11 is 0. The molecule has 108 valence electrons. The molecule has 1 heterocycles. The number of ether oxygens (including phenoxy) is 3. The highest BCUT2D eigenvalue weighted by Gasteiger charge is 2.65. The minimum Gasteiger partial charge on any atom is -0.497 e. The lowest BCUT2D eigenvalue weighted by Crippen LogP contribution is -2.24. The SMILES string of the molecule is COC(=O)C1(c2ccccc2)OC1c1ccc(OC)cc1. The Labute approximate surface area is 123 Å². The molecule has 21 heavy (non-hydrogen) atoms. The smallest absolute Gasteiger partial charge is 0.346 e. The third-order valence-corrected chi connectivity index (χ3v) is 3.73. The maximum absolute atomic E-state index is 12.2. The summed E-state index contributed by atoms with van der Waals surface area (Å²) in [5.74, 6) is 0.386. The number of hydrogen-bond acceptors (Lipinski definition) is 4. The zero-order valence-corrected chi connectivity index (χ0v) is 11.9. The maximum Gasteiger partial charge on any atom is 0.346 e. The molecule has 1 fully saturated rings. The van der Waals surface area contributed by atoms with Crippen molar-refractivity contribution in [2.45, 2.75) is 11.7 Å². The molecule has 0 N–H and O–H groups in total. The summed E-state index contributed by atoms with van der Waals surface area (Å²) < 4.78 is 15.9. The standard InChI is InChI=1S/C17H16O4/c1-19-14-10-8-12(9-11-14)15-17(21-15,16(18)20-2)13-6-4-3-5-7-13/h3-11,15H,1-2H3. The zero-order valence-electron chi connectivity index (χ0n) is 11.9. The minimum atomic E-state index is -1.04. The number of benzene rings is 2. The Morgan fingerprint density at radius 2 is 1.71 bits per heavy atom. The van der Waals surface area contributed by atoms with Gasteiger partial charge in [-0.25, -0.2) is 4.79 Å². The Balaban J connectivity index is 1.96. The number of esters is 1. The third-order valence-electron chi connectivity index (χ3n) is 3.73. The minimum absolute atomic E-state index is 0.335. The van der Waals surface area contributed by atoms with Crippen molar-refractivity contribution in [2.24, 2.45) is 0 Å². The summed E-state index contributed by atoms with van der Waals surface area (Å²) in [5.41, 5.74) is 0.688. The molecule has 1 aliphatic rings. The summed E-state index contributed by atoms with van der Waals surface area (Å²) in [6, 6.07) is 16.9. The molecule has 0 saturated carbocycles. The fourth-order valence-electron chi connectivity index (χ4n) is 2.56. The highest BCUT2D eigenvalue weighted by Crippen LogP contribution is 2.57. The lowest BCUT2D eigenvalue weighted by molar-refractivity contribution is -0.147. The van der Waals surface area contributed by atoms with E-state index in [1.54, 1.807) is 7.11 Å². The molecule has 2 unspecified atom stereocenters. The summed E-state index contributed by atoms with van der Waals surface area (Å²) in [4.78, 5) is 12.2. The molecular formula is C17H16O4. The molecule has 0 spiro atoms. The molecule has 2 atom stereocenters. The second-order valence-electron chi connectivity index (χ2n) is 4.86. The molecule has 1 saturated heterocycles. The molecule has 0 aliphatic carbocycles. The van der Waals surface area contributed by atoms with Crippen LogP contribution in [0.3, 0.4) is 0 Å². The van der Waals surface area contributed by atoms with Gasteiger partial charge in [0.1, 0.15) is 11.9 Å². The molecule has 2 aromatic carbocycles. The van der Waals surface area contributed by atoms with E-state index in [0.717, 1.165) is 16.9 Å². The molecule has 4 nitrogen and oxygen atoms in total. The number of hydrogen-bond donors (Lipinski definition) is 0. The molecule has 0 aromatic heterocycles. The lowest BCUT2D eigenvalue weighted by Gasteiger charge is -2.11. The average Bonchev–Trinajstić information content (AvgIpc) is 3.32. The van der Waals surface area contributed by atoms with Crippen molar-refractivity contribution in [3.8, 4) is 5.75 Å². The second-order valence-corrected chi connectivity index (χ2v) is 4.86. The van der Waals surface area contributed by atoms with E-state index in [-0.39, 0.29) is 12.1 Å². The van der Waals surface area contributed by atoms with Crippen LogP contribution in [0.2, 0.25) is 0 Å². The summed E-state index contributed by atoms with van der Waals surface area (Å²) in [5, 5.41) is 0. The van der Waals surface area contributed by atoms with E-state index < -0.39 is 5.60 Å². The van der Waals surface area contributed by atoms with Gasteiger partial charge in [-0.05, 0) is 23.3 Å². The average molecular weight is 284 g/mol.